The van der Waals surface area contributed by atoms with Crippen molar-refractivity contribution in [3.63, 3.8) is 0 Å². The number of halogens is 1. The van der Waals surface area contributed by atoms with Crippen molar-refractivity contribution in [1.82, 2.24) is 5.32 Å². The summed E-state index contributed by atoms with van der Waals surface area (Å²) in [4.78, 5) is 12.4. The smallest absolute Gasteiger partial charge is 0.251 e. The first-order valence-electron chi connectivity index (χ1n) is 8.35. The van der Waals surface area contributed by atoms with E-state index in [4.69, 9.17) is 0 Å². The van der Waals surface area contributed by atoms with Crippen LogP contribution < -0.4 is 5.32 Å². The minimum atomic E-state index is -0.330. The van der Waals surface area contributed by atoms with E-state index in [-0.39, 0.29) is 17.8 Å². The molecule has 0 saturated carbocycles. The molecule has 2 aromatic carbocycles. The molecular formula is C20H22FNO. The van der Waals surface area contributed by atoms with Crippen LogP contribution in [0, 0.1) is 5.82 Å². The van der Waals surface area contributed by atoms with Gasteiger partial charge in [-0.1, -0.05) is 25.1 Å². The van der Waals surface area contributed by atoms with Crippen LogP contribution in [0.25, 0.3) is 0 Å². The highest BCUT2D eigenvalue weighted by Crippen LogP contribution is 2.26. The van der Waals surface area contributed by atoms with Gasteiger partial charge in [0.25, 0.3) is 5.91 Å². The Kier molecular flexibility index (Phi) is 4.75. The van der Waals surface area contributed by atoms with E-state index in [1.165, 1.54) is 48.2 Å². The predicted octanol–water partition coefficient (Wildman–Crippen LogP) is 4.59. The Morgan fingerprint density at radius 2 is 1.78 bits per heavy atom. The molecule has 23 heavy (non-hydrogen) atoms. The molecule has 1 amide bonds. The van der Waals surface area contributed by atoms with Crippen LogP contribution in [0.5, 0.6) is 0 Å². The van der Waals surface area contributed by atoms with E-state index in [0.29, 0.717) is 5.56 Å². The van der Waals surface area contributed by atoms with Gasteiger partial charge in [0.1, 0.15) is 5.82 Å². The number of amides is 1. The maximum Gasteiger partial charge on any atom is 0.251 e. The van der Waals surface area contributed by atoms with E-state index in [1.54, 1.807) is 0 Å². The third-order valence-electron chi connectivity index (χ3n) is 4.59. The second-order valence-corrected chi connectivity index (χ2v) is 6.18. The van der Waals surface area contributed by atoms with Gasteiger partial charge in [-0.25, -0.2) is 4.39 Å². The SMILES string of the molecule is CCC(NC(=O)c1ccc(F)cc1)c1ccc2c(c1)CCCC2. The minimum absolute atomic E-state index is 0.0141. The Hall–Kier alpha value is -2.16. The Labute approximate surface area is 136 Å². The molecule has 3 rings (SSSR count). The molecule has 2 aromatic rings. The number of rotatable bonds is 4. The molecule has 0 aliphatic heterocycles. The average molecular weight is 311 g/mol. The summed E-state index contributed by atoms with van der Waals surface area (Å²) in [6.07, 6.45) is 5.63. The first kappa shape index (κ1) is 15.7. The fourth-order valence-electron chi connectivity index (χ4n) is 3.23. The molecule has 3 heteroatoms. The quantitative estimate of drug-likeness (QED) is 0.879. The highest BCUT2D eigenvalue weighted by atomic mass is 19.1. The molecule has 1 atom stereocenters. The average Bonchev–Trinajstić information content (AvgIpc) is 2.59. The summed E-state index contributed by atoms with van der Waals surface area (Å²) in [6.45, 7) is 2.06. The van der Waals surface area contributed by atoms with Gasteiger partial charge in [0.15, 0.2) is 0 Å². The summed E-state index contributed by atoms with van der Waals surface area (Å²) in [6, 6.07) is 12.2. The lowest BCUT2D eigenvalue weighted by Gasteiger charge is -2.21. The monoisotopic (exact) mass is 311 g/mol. The summed E-state index contributed by atoms with van der Waals surface area (Å²) in [7, 11) is 0. The van der Waals surface area contributed by atoms with Gasteiger partial charge in [-0.05, 0) is 73.1 Å². The molecule has 1 aliphatic rings. The summed E-state index contributed by atoms with van der Waals surface area (Å²) in [5.41, 5.74) is 4.51. The normalized spacial score (nSPS) is 14.9. The van der Waals surface area contributed by atoms with Crippen LogP contribution in [0.3, 0.4) is 0 Å². The van der Waals surface area contributed by atoms with Crippen molar-refractivity contribution < 1.29 is 9.18 Å². The number of nitrogens with one attached hydrogen (secondary N) is 1. The van der Waals surface area contributed by atoms with Crippen LogP contribution in [0.15, 0.2) is 42.5 Å². The summed E-state index contributed by atoms with van der Waals surface area (Å²) < 4.78 is 13.0. The number of carbonyl (C=O) groups excluding carboxylic acids is 1. The van der Waals surface area contributed by atoms with E-state index >= 15 is 0 Å². The second kappa shape index (κ2) is 6.95. The maximum atomic E-state index is 13.0. The standard InChI is InChI=1S/C20H22FNO/c1-2-19(22-20(23)15-9-11-18(21)12-10-15)17-8-7-14-5-3-4-6-16(14)13-17/h7-13,19H,2-6H2,1H3,(H,22,23). The molecular weight excluding hydrogens is 289 g/mol. The number of carbonyl (C=O) groups is 1. The van der Waals surface area contributed by atoms with Gasteiger partial charge in [-0.15, -0.1) is 0 Å². The van der Waals surface area contributed by atoms with Gasteiger partial charge >= 0.3 is 0 Å². The van der Waals surface area contributed by atoms with E-state index in [2.05, 4.69) is 30.4 Å². The second-order valence-electron chi connectivity index (χ2n) is 6.18. The molecule has 1 unspecified atom stereocenters. The molecule has 120 valence electrons. The summed E-state index contributed by atoms with van der Waals surface area (Å²) >= 11 is 0. The zero-order valence-electron chi connectivity index (χ0n) is 13.4. The van der Waals surface area contributed by atoms with Gasteiger partial charge in [-0.3, -0.25) is 4.79 Å². The molecule has 2 nitrogen and oxygen atoms in total. The number of hydrogen-bond donors (Lipinski definition) is 1. The Bertz CT molecular complexity index is 693. The topological polar surface area (TPSA) is 29.1 Å². The maximum absolute atomic E-state index is 13.0. The van der Waals surface area contributed by atoms with E-state index in [1.807, 2.05) is 0 Å². The van der Waals surface area contributed by atoms with Gasteiger partial charge in [0.2, 0.25) is 0 Å². The predicted molar refractivity (Wildman–Crippen MR) is 90.0 cm³/mol. The fraction of sp³-hybridized carbons (Fsp3) is 0.350. The van der Waals surface area contributed by atoms with Crippen LogP contribution in [-0.4, -0.2) is 5.91 Å². The van der Waals surface area contributed by atoms with Gasteiger partial charge < -0.3 is 5.32 Å². The van der Waals surface area contributed by atoms with Crippen LogP contribution in [0.2, 0.25) is 0 Å². The van der Waals surface area contributed by atoms with Crippen molar-refractivity contribution in [3.8, 4) is 0 Å². The number of benzene rings is 2. The highest BCUT2D eigenvalue weighted by Gasteiger charge is 2.17. The van der Waals surface area contributed by atoms with Crippen molar-refractivity contribution in [1.29, 1.82) is 0 Å². The third kappa shape index (κ3) is 3.61. The highest BCUT2D eigenvalue weighted by molar-refractivity contribution is 5.94. The van der Waals surface area contributed by atoms with Crippen molar-refractivity contribution in [3.05, 3.63) is 70.5 Å². The summed E-state index contributed by atoms with van der Waals surface area (Å²) in [5.74, 6) is -0.488. The van der Waals surface area contributed by atoms with Crippen molar-refractivity contribution in [2.24, 2.45) is 0 Å². The zero-order valence-corrected chi connectivity index (χ0v) is 13.4. The van der Waals surface area contributed by atoms with E-state index < -0.39 is 0 Å². The molecule has 0 heterocycles. The number of aryl methyl sites for hydroxylation is 2. The molecule has 0 fully saturated rings. The number of fused-ring (bicyclic) bond motifs is 1. The first-order chi connectivity index (χ1) is 11.2. The molecule has 0 saturated heterocycles. The van der Waals surface area contributed by atoms with Crippen molar-refractivity contribution in [2.45, 2.75) is 45.1 Å². The van der Waals surface area contributed by atoms with E-state index in [9.17, 15) is 9.18 Å². The Balaban J connectivity index is 1.77. The molecule has 1 N–H and O–H groups in total. The van der Waals surface area contributed by atoms with E-state index in [0.717, 1.165) is 24.8 Å². The zero-order chi connectivity index (χ0) is 16.2. The van der Waals surface area contributed by atoms with Crippen LogP contribution in [-0.2, 0) is 12.8 Å². The molecule has 0 radical (unpaired) electrons. The molecule has 0 aromatic heterocycles. The molecule has 0 spiro atoms. The number of hydrogen-bond acceptors (Lipinski definition) is 1. The lowest BCUT2D eigenvalue weighted by atomic mass is 9.88. The van der Waals surface area contributed by atoms with Crippen LogP contribution in [0.1, 0.15) is 59.3 Å². The third-order valence-corrected chi connectivity index (χ3v) is 4.59. The lowest BCUT2D eigenvalue weighted by Crippen LogP contribution is -2.28. The fourth-order valence-corrected chi connectivity index (χ4v) is 3.23. The lowest BCUT2D eigenvalue weighted by molar-refractivity contribution is 0.0935. The first-order valence-corrected chi connectivity index (χ1v) is 8.35. The van der Waals surface area contributed by atoms with Crippen molar-refractivity contribution in [2.75, 3.05) is 0 Å². The summed E-state index contributed by atoms with van der Waals surface area (Å²) in [5, 5.41) is 3.06. The Morgan fingerprint density at radius 3 is 2.48 bits per heavy atom. The van der Waals surface area contributed by atoms with Gasteiger partial charge in [-0.2, -0.15) is 0 Å². The largest absolute Gasteiger partial charge is 0.345 e. The van der Waals surface area contributed by atoms with Crippen LogP contribution in [0.4, 0.5) is 4.39 Å². The molecule has 0 bridgehead atoms. The van der Waals surface area contributed by atoms with Gasteiger partial charge in [0.05, 0.1) is 6.04 Å². The van der Waals surface area contributed by atoms with Crippen molar-refractivity contribution >= 4 is 5.91 Å². The molecule has 1 aliphatic carbocycles. The minimum Gasteiger partial charge on any atom is -0.345 e. The Morgan fingerprint density at radius 1 is 1.09 bits per heavy atom. The van der Waals surface area contributed by atoms with Crippen LogP contribution >= 0.6 is 0 Å². The van der Waals surface area contributed by atoms with Gasteiger partial charge in [0, 0.05) is 5.56 Å².